The van der Waals surface area contributed by atoms with E-state index in [1.807, 2.05) is 91.9 Å². The van der Waals surface area contributed by atoms with Crippen LogP contribution < -0.4 is 15.2 Å². The van der Waals surface area contributed by atoms with E-state index in [4.69, 9.17) is 9.73 Å². The number of carbonyl (C=O) groups excluding carboxylic acids is 1. The summed E-state index contributed by atoms with van der Waals surface area (Å²) in [4.78, 5) is 18.4. The zero-order valence-electron chi connectivity index (χ0n) is 17.4. The van der Waals surface area contributed by atoms with E-state index >= 15 is 0 Å². The summed E-state index contributed by atoms with van der Waals surface area (Å²) in [6, 6.07) is 27.2. The Balaban J connectivity index is 1.77. The van der Waals surface area contributed by atoms with Crippen molar-refractivity contribution in [3.63, 3.8) is 0 Å². The van der Waals surface area contributed by atoms with Crippen molar-refractivity contribution in [2.75, 3.05) is 12.1 Å². The lowest BCUT2D eigenvalue weighted by Gasteiger charge is -2.30. The Morgan fingerprint density at radius 2 is 1.57 bits per heavy atom. The van der Waals surface area contributed by atoms with E-state index in [1.165, 1.54) is 0 Å². The van der Waals surface area contributed by atoms with Crippen LogP contribution in [0.4, 0.5) is 11.4 Å². The number of anilines is 1. The Morgan fingerprint density at radius 1 is 0.967 bits per heavy atom. The first-order chi connectivity index (χ1) is 14.5. The van der Waals surface area contributed by atoms with Gasteiger partial charge in [-0.05, 0) is 55.8 Å². The van der Waals surface area contributed by atoms with Gasteiger partial charge < -0.3 is 4.74 Å². The monoisotopic (exact) mass is 399 g/mol. The van der Waals surface area contributed by atoms with Gasteiger partial charge in [0.15, 0.2) is 0 Å². The molecule has 0 aromatic heterocycles. The fourth-order valence-corrected chi connectivity index (χ4v) is 4.03. The average molecular weight is 399 g/mol. The van der Waals surface area contributed by atoms with Crippen molar-refractivity contribution in [2.45, 2.75) is 19.4 Å². The van der Waals surface area contributed by atoms with E-state index in [2.05, 4.69) is 12.3 Å². The molecule has 152 valence electrons. The van der Waals surface area contributed by atoms with Gasteiger partial charge in [0.1, 0.15) is 11.7 Å². The topological polar surface area (TPSA) is 53.9 Å². The van der Waals surface area contributed by atoms with Crippen LogP contribution in [0.25, 0.3) is 0 Å². The summed E-state index contributed by atoms with van der Waals surface area (Å²) in [6.45, 7) is 3.98. The molecule has 0 spiro atoms. The molecule has 2 atom stereocenters. The van der Waals surface area contributed by atoms with Crippen molar-refractivity contribution in [3.8, 4) is 5.75 Å². The minimum absolute atomic E-state index is 0.0256. The number of carbonyl (C=O) groups is 1. The standard InChI is InChI=1S/C25H25N3O2/c1-18(26-20-14-16-22(30-3)17-15-20)23-24(29)28(21-12-8-5-9-13-21)27-25(23,2)19-10-6-4-7-11-19/h4-17,23,27H,1-3H3/t23-,25-/m0/s1. The normalized spacial score (nSPS) is 21.7. The average Bonchev–Trinajstić information content (AvgIpc) is 3.07. The van der Waals surface area contributed by atoms with Crippen LogP contribution >= 0.6 is 0 Å². The highest BCUT2D eigenvalue weighted by Gasteiger charge is 2.52. The first-order valence-corrected chi connectivity index (χ1v) is 9.94. The fourth-order valence-electron chi connectivity index (χ4n) is 4.03. The van der Waals surface area contributed by atoms with E-state index in [1.54, 1.807) is 12.1 Å². The highest BCUT2D eigenvalue weighted by atomic mass is 16.5. The van der Waals surface area contributed by atoms with Crippen LogP contribution in [0.15, 0.2) is 89.9 Å². The number of hydrazine groups is 1. The van der Waals surface area contributed by atoms with Gasteiger partial charge >= 0.3 is 0 Å². The van der Waals surface area contributed by atoms with Crippen LogP contribution in [0.2, 0.25) is 0 Å². The molecular weight excluding hydrogens is 374 g/mol. The quantitative estimate of drug-likeness (QED) is 0.623. The Morgan fingerprint density at radius 3 is 2.17 bits per heavy atom. The third-order valence-electron chi connectivity index (χ3n) is 5.57. The maximum Gasteiger partial charge on any atom is 0.252 e. The van der Waals surface area contributed by atoms with Gasteiger partial charge in [-0.3, -0.25) is 9.79 Å². The van der Waals surface area contributed by atoms with Crippen LogP contribution in [-0.4, -0.2) is 18.7 Å². The van der Waals surface area contributed by atoms with Crippen LogP contribution in [0.1, 0.15) is 19.4 Å². The smallest absolute Gasteiger partial charge is 0.252 e. The van der Waals surface area contributed by atoms with E-state index in [-0.39, 0.29) is 5.91 Å². The third-order valence-corrected chi connectivity index (χ3v) is 5.57. The Bertz CT molecular complexity index is 1050. The molecule has 1 fully saturated rings. The third kappa shape index (κ3) is 3.60. The van der Waals surface area contributed by atoms with Crippen molar-refractivity contribution in [1.82, 2.24) is 5.43 Å². The lowest BCUT2D eigenvalue weighted by atomic mass is 9.78. The lowest BCUT2D eigenvalue weighted by molar-refractivity contribution is -0.119. The number of nitrogens with zero attached hydrogens (tertiary/aromatic N) is 2. The minimum Gasteiger partial charge on any atom is -0.497 e. The summed E-state index contributed by atoms with van der Waals surface area (Å²) in [5.74, 6) is 0.291. The number of para-hydroxylation sites is 1. The van der Waals surface area contributed by atoms with E-state index < -0.39 is 11.5 Å². The minimum atomic E-state index is -0.631. The number of methoxy groups -OCH3 is 1. The van der Waals surface area contributed by atoms with Gasteiger partial charge in [-0.25, -0.2) is 10.4 Å². The van der Waals surface area contributed by atoms with Crippen LogP contribution in [0, 0.1) is 5.92 Å². The number of hydrogen-bond donors (Lipinski definition) is 1. The molecule has 0 unspecified atom stereocenters. The number of amides is 1. The van der Waals surface area contributed by atoms with Crippen molar-refractivity contribution >= 4 is 23.0 Å². The summed E-state index contributed by atoms with van der Waals surface area (Å²) in [5, 5.41) is 1.64. The van der Waals surface area contributed by atoms with E-state index in [9.17, 15) is 4.79 Å². The number of aliphatic imine (C=N–C) groups is 1. The summed E-state index contributed by atoms with van der Waals surface area (Å²) in [7, 11) is 1.63. The van der Waals surface area contributed by atoms with Gasteiger partial charge in [0.2, 0.25) is 0 Å². The zero-order chi connectivity index (χ0) is 21.1. The number of rotatable bonds is 5. The molecule has 4 rings (SSSR count). The predicted molar refractivity (Wildman–Crippen MR) is 120 cm³/mol. The first-order valence-electron chi connectivity index (χ1n) is 9.94. The molecule has 1 heterocycles. The second-order valence-electron chi connectivity index (χ2n) is 7.57. The second kappa shape index (κ2) is 8.13. The largest absolute Gasteiger partial charge is 0.497 e. The van der Waals surface area contributed by atoms with E-state index in [0.717, 1.165) is 28.4 Å². The van der Waals surface area contributed by atoms with Crippen LogP contribution in [0.5, 0.6) is 5.75 Å². The first kappa shape index (κ1) is 19.9. The second-order valence-corrected chi connectivity index (χ2v) is 7.57. The summed E-state index contributed by atoms with van der Waals surface area (Å²) < 4.78 is 5.23. The highest BCUT2D eigenvalue weighted by Crippen LogP contribution is 2.39. The predicted octanol–water partition coefficient (Wildman–Crippen LogP) is 4.87. The van der Waals surface area contributed by atoms with Gasteiger partial charge in [0.05, 0.1) is 24.0 Å². The SMILES string of the molecule is COc1ccc(N=C(C)[C@H]2C(=O)N(c3ccccc3)N[C@@]2(C)c2ccccc2)cc1. The molecule has 5 nitrogen and oxygen atoms in total. The zero-order valence-corrected chi connectivity index (χ0v) is 17.4. The van der Waals surface area contributed by atoms with Gasteiger partial charge in [0, 0.05) is 5.71 Å². The molecule has 0 bridgehead atoms. The van der Waals surface area contributed by atoms with Gasteiger partial charge in [0.25, 0.3) is 5.91 Å². The summed E-state index contributed by atoms with van der Waals surface area (Å²) in [5.41, 5.74) is 6.22. The van der Waals surface area contributed by atoms with Gasteiger partial charge in [-0.1, -0.05) is 48.5 Å². The molecule has 5 heteroatoms. The molecule has 3 aromatic rings. The molecule has 0 radical (unpaired) electrons. The Hall–Kier alpha value is -3.44. The number of nitrogens with one attached hydrogen (secondary N) is 1. The number of ether oxygens (including phenoxy) is 1. The van der Waals surface area contributed by atoms with Gasteiger partial charge in [-0.2, -0.15) is 0 Å². The molecular formula is C25H25N3O2. The summed E-state index contributed by atoms with van der Waals surface area (Å²) >= 11 is 0. The van der Waals surface area contributed by atoms with Crippen molar-refractivity contribution < 1.29 is 9.53 Å². The van der Waals surface area contributed by atoms with Crippen molar-refractivity contribution in [2.24, 2.45) is 10.9 Å². The molecule has 3 aromatic carbocycles. The molecule has 1 amide bonds. The molecule has 1 N–H and O–H groups in total. The van der Waals surface area contributed by atoms with Crippen molar-refractivity contribution in [3.05, 3.63) is 90.5 Å². The van der Waals surface area contributed by atoms with Gasteiger partial charge in [-0.15, -0.1) is 0 Å². The van der Waals surface area contributed by atoms with Crippen LogP contribution in [-0.2, 0) is 10.3 Å². The maximum atomic E-state index is 13.6. The number of hydrogen-bond acceptors (Lipinski definition) is 4. The molecule has 0 aliphatic carbocycles. The molecule has 0 saturated carbocycles. The molecule has 30 heavy (non-hydrogen) atoms. The van der Waals surface area contributed by atoms with Crippen molar-refractivity contribution in [1.29, 1.82) is 0 Å². The fraction of sp³-hybridized carbons (Fsp3) is 0.200. The molecule has 1 aliphatic heterocycles. The molecule has 1 aliphatic rings. The van der Waals surface area contributed by atoms with E-state index in [0.29, 0.717) is 0 Å². The Labute approximate surface area is 177 Å². The lowest BCUT2D eigenvalue weighted by Crippen LogP contribution is -2.45. The van der Waals surface area contributed by atoms with Crippen LogP contribution in [0.3, 0.4) is 0 Å². The highest BCUT2D eigenvalue weighted by molar-refractivity contribution is 6.13. The Kier molecular flexibility index (Phi) is 5.38. The summed E-state index contributed by atoms with van der Waals surface area (Å²) in [6.07, 6.45) is 0. The molecule has 1 saturated heterocycles. The number of benzene rings is 3. The maximum absolute atomic E-state index is 13.6.